The van der Waals surface area contributed by atoms with Gasteiger partial charge in [-0.15, -0.1) is 18.2 Å². The van der Waals surface area contributed by atoms with Gasteiger partial charge in [0.25, 0.3) is 0 Å². The molecule has 0 amide bonds. The van der Waals surface area contributed by atoms with Gasteiger partial charge < -0.3 is 0 Å². The molecule has 0 N–H and O–H groups in total. The fourth-order valence-electron chi connectivity index (χ4n) is 2.35. The van der Waals surface area contributed by atoms with E-state index in [4.69, 9.17) is 0 Å². The van der Waals surface area contributed by atoms with Gasteiger partial charge in [-0.3, -0.25) is 0 Å². The van der Waals surface area contributed by atoms with E-state index in [2.05, 4.69) is 79.8 Å². The summed E-state index contributed by atoms with van der Waals surface area (Å²) in [4.78, 5) is 0. The Morgan fingerprint density at radius 3 is 2.30 bits per heavy atom. The first-order chi connectivity index (χ1) is 11.3. The number of thiol groups is 1. The molecule has 0 aliphatic carbocycles. The first-order valence-corrected chi connectivity index (χ1v) is 10.3. The third-order valence-electron chi connectivity index (χ3n) is 3.45. The fourth-order valence-corrected chi connectivity index (χ4v) is 3.01. The lowest BCUT2D eigenvalue weighted by molar-refractivity contribution is 0.919. The van der Waals surface area contributed by atoms with Crippen LogP contribution in [-0.4, -0.2) is 5.75 Å². The predicted octanol–water partition coefficient (Wildman–Crippen LogP) is 6.56. The molecular formula is C21H28S2. The van der Waals surface area contributed by atoms with Gasteiger partial charge in [-0.25, -0.2) is 0 Å². The van der Waals surface area contributed by atoms with E-state index in [1.807, 2.05) is 6.08 Å². The highest BCUT2D eigenvalue weighted by atomic mass is 33.1. The van der Waals surface area contributed by atoms with Crippen LogP contribution in [0.5, 0.6) is 0 Å². The van der Waals surface area contributed by atoms with Crippen LogP contribution in [0.4, 0.5) is 0 Å². The Kier molecular flexibility index (Phi) is 11.5. The molecule has 0 atom stereocenters. The van der Waals surface area contributed by atoms with E-state index >= 15 is 0 Å². The number of hydrogen-bond acceptors (Lipinski definition) is 2. The molecule has 0 nitrogen and oxygen atoms in total. The van der Waals surface area contributed by atoms with Crippen LogP contribution in [0.1, 0.15) is 36.5 Å². The first kappa shape index (κ1) is 19.9. The van der Waals surface area contributed by atoms with Crippen LogP contribution < -0.4 is 0 Å². The van der Waals surface area contributed by atoms with E-state index in [1.165, 1.54) is 42.4 Å². The molecule has 2 aromatic carbocycles. The van der Waals surface area contributed by atoms with E-state index in [9.17, 15) is 0 Å². The van der Waals surface area contributed by atoms with Gasteiger partial charge in [0.1, 0.15) is 0 Å². The van der Waals surface area contributed by atoms with E-state index in [1.54, 1.807) is 10.8 Å². The number of aryl methyl sites for hydroxylation is 2. The summed E-state index contributed by atoms with van der Waals surface area (Å²) in [5.41, 5.74) is 4.24. The third kappa shape index (κ3) is 9.58. The lowest BCUT2D eigenvalue weighted by Gasteiger charge is -2.01. The molecule has 0 radical (unpaired) electrons. The van der Waals surface area contributed by atoms with E-state index in [0.29, 0.717) is 0 Å². The second-order valence-corrected chi connectivity index (χ2v) is 6.93. The number of hydrogen-bond donors (Lipinski definition) is 1. The summed E-state index contributed by atoms with van der Waals surface area (Å²) in [6.07, 6.45) is 7.73. The normalized spacial score (nSPS) is 9.83. The summed E-state index contributed by atoms with van der Waals surface area (Å²) in [6.45, 7) is 5.94. The highest BCUT2D eigenvalue weighted by Gasteiger charge is 1.92. The number of benzene rings is 2. The molecule has 23 heavy (non-hydrogen) atoms. The quantitative estimate of drug-likeness (QED) is 0.245. The third-order valence-corrected chi connectivity index (χ3v) is 4.47. The van der Waals surface area contributed by atoms with Crippen LogP contribution in [0.3, 0.4) is 0 Å². The molecule has 0 saturated heterocycles. The molecular weight excluding hydrogens is 316 g/mol. The number of allylic oxidation sites excluding steroid dienone is 1. The van der Waals surface area contributed by atoms with Gasteiger partial charge in [-0.2, -0.15) is 0 Å². The minimum Gasteiger partial charge on any atom is -0.111 e. The molecule has 0 aromatic heterocycles. The van der Waals surface area contributed by atoms with Crippen molar-refractivity contribution < 1.29 is 0 Å². The highest BCUT2D eigenvalue weighted by Crippen LogP contribution is 2.10. The average molecular weight is 345 g/mol. The monoisotopic (exact) mass is 344 g/mol. The van der Waals surface area contributed by atoms with Crippen LogP contribution in [0, 0.1) is 0 Å². The zero-order valence-electron chi connectivity index (χ0n) is 14.1. The topological polar surface area (TPSA) is 0 Å². The van der Waals surface area contributed by atoms with Gasteiger partial charge in [-0.1, -0.05) is 84.8 Å². The van der Waals surface area contributed by atoms with Crippen LogP contribution in [-0.2, 0) is 19.3 Å². The minimum atomic E-state index is 0.984. The van der Waals surface area contributed by atoms with Crippen LogP contribution >= 0.6 is 22.5 Å². The van der Waals surface area contributed by atoms with Crippen molar-refractivity contribution >= 4 is 22.5 Å². The van der Waals surface area contributed by atoms with Crippen molar-refractivity contribution in [2.75, 3.05) is 5.75 Å². The van der Waals surface area contributed by atoms with Crippen molar-refractivity contribution in [1.82, 2.24) is 0 Å². The maximum Gasteiger partial charge on any atom is 0.00376 e. The van der Waals surface area contributed by atoms with Gasteiger partial charge in [0.15, 0.2) is 0 Å². The summed E-state index contributed by atoms with van der Waals surface area (Å²) >= 11 is 4.08. The Balaban J connectivity index is 0.000000231. The van der Waals surface area contributed by atoms with Crippen LogP contribution in [0.25, 0.3) is 0 Å². The lowest BCUT2D eigenvalue weighted by Crippen LogP contribution is -1.86. The lowest BCUT2D eigenvalue weighted by atomic mass is 10.1. The summed E-state index contributed by atoms with van der Waals surface area (Å²) in [5.74, 6) is 1.14. The van der Waals surface area contributed by atoms with Crippen LogP contribution in [0.2, 0.25) is 0 Å². The second-order valence-electron chi connectivity index (χ2n) is 5.49. The van der Waals surface area contributed by atoms with Gasteiger partial charge in [-0.05, 0) is 42.4 Å². The molecule has 0 bridgehead atoms. The fraction of sp³-hybridized carbons (Fsp3) is 0.333. The number of rotatable bonds is 8. The molecule has 2 heteroatoms. The van der Waals surface area contributed by atoms with Gasteiger partial charge in [0.05, 0.1) is 0 Å². The summed E-state index contributed by atoms with van der Waals surface area (Å²) in [5, 5.41) is 0. The van der Waals surface area contributed by atoms with Crippen molar-refractivity contribution in [1.29, 1.82) is 0 Å². The Morgan fingerprint density at radius 2 is 1.65 bits per heavy atom. The van der Waals surface area contributed by atoms with Crippen molar-refractivity contribution in [3.63, 3.8) is 0 Å². The molecule has 124 valence electrons. The molecule has 0 aliphatic heterocycles. The van der Waals surface area contributed by atoms with Gasteiger partial charge in [0.2, 0.25) is 0 Å². The van der Waals surface area contributed by atoms with Crippen LogP contribution in [0.15, 0.2) is 67.3 Å². The zero-order chi connectivity index (χ0) is 16.8. The first-order valence-electron chi connectivity index (χ1n) is 8.29. The summed E-state index contributed by atoms with van der Waals surface area (Å²) in [7, 11) is 1.62. The van der Waals surface area contributed by atoms with E-state index in [-0.39, 0.29) is 0 Å². The molecule has 2 aromatic rings. The summed E-state index contributed by atoms with van der Waals surface area (Å²) < 4.78 is 0. The standard InChI is InChI=1S/C12H16.C9H12S2/c1-3-6-11-8-5-9-12(10-11)7-4-2;10-11-8-4-7-9-5-2-1-3-6-9/h3,5,8-10H,1,4,6-7H2,2H3;1-3,5-6,10H,4,7-8H2. The predicted molar refractivity (Wildman–Crippen MR) is 111 cm³/mol. The highest BCUT2D eigenvalue weighted by molar-refractivity contribution is 8.68. The van der Waals surface area contributed by atoms with Crippen molar-refractivity contribution in [3.05, 3.63) is 83.9 Å². The Hall–Kier alpha value is -1.12. The minimum absolute atomic E-state index is 0.984. The van der Waals surface area contributed by atoms with Crippen molar-refractivity contribution in [2.24, 2.45) is 0 Å². The molecule has 0 spiro atoms. The molecule has 2 rings (SSSR count). The van der Waals surface area contributed by atoms with Crippen molar-refractivity contribution in [3.8, 4) is 0 Å². The largest absolute Gasteiger partial charge is 0.111 e. The molecule has 0 heterocycles. The SMILES string of the molecule is C=CCc1cccc(CCC)c1.SSCCCc1ccccc1. The van der Waals surface area contributed by atoms with Gasteiger partial charge >= 0.3 is 0 Å². The molecule has 0 saturated carbocycles. The Labute approximate surface area is 151 Å². The van der Waals surface area contributed by atoms with E-state index < -0.39 is 0 Å². The molecule has 0 unspecified atom stereocenters. The van der Waals surface area contributed by atoms with Gasteiger partial charge in [0, 0.05) is 5.75 Å². The second kappa shape index (κ2) is 13.3. The van der Waals surface area contributed by atoms with Crippen molar-refractivity contribution in [2.45, 2.75) is 39.0 Å². The Bertz CT molecular complexity index is 535. The molecule has 0 fully saturated rings. The average Bonchev–Trinajstić information content (AvgIpc) is 2.58. The maximum atomic E-state index is 4.08. The summed E-state index contributed by atoms with van der Waals surface area (Å²) in [6, 6.07) is 19.3. The zero-order valence-corrected chi connectivity index (χ0v) is 15.8. The maximum absolute atomic E-state index is 4.08. The smallest absolute Gasteiger partial charge is 0.00376 e. The Morgan fingerprint density at radius 1 is 0.957 bits per heavy atom. The molecule has 0 aliphatic rings. The van der Waals surface area contributed by atoms with E-state index in [0.717, 1.165) is 12.2 Å².